The highest BCUT2D eigenvalue weighted by Crippen LogP contribution is 2.21. The number of rotatable bonds is 6. The van der Waals surface area contributed by atoms with Gasteiger partial charge in [0.1, 0.15) is 5.75 Å². The number of para-hydroxylation sites is 1. The molecule has 2 aromatic rings. The van der Waals surface area contributed by atoms with Gasteiger partial charge in [-0.05, 0) is 49.4 Å². The second-order valence-corrected chi connectivity index (χ2v) is 5.88. The van der Waals surface area contributed by atoms with Crippen molar-refractivity contribution in [3.63, 3.8) is 0 Å². The molecule has 22 heavy (non-hydrogen) atoms. The largest absolute Gasteiger partial charge is 0.480 e. The summed E-state index contributed by atoms with van der Waals surface area (Å²) in [5.74, 6) is 0.631. The standard InChI is InChI=1S/C18H21NO2S/c1-4-16(21-17-11-6-5-8-13(17)2)18(20)19-14-9-7-10-15(12-14)22-3/h5-12,16H,4H2,1-3H3,(H,19,20)/t16-/m1/s1. The molecule has 0 bridgehead atoms. The van der Waals surface area contributed by atoms with E-state index in [4.69, 9.17) is 4.74 Å². The number of nitrogens with one attached hydrogen (secondary N) is 1. The number of thioether (sulfide) groups is 1. The van der Waals surface area contributed by atoms with E-state index >= 15 is 0 Å². The van der Waals surface area contributed by atoms with Crippen molar-refractivity contribution in [3.8, 4) is 5.75 Å². The number of benzene rings is 2. The predicted octanol–water partition coefficient (Wildman–Crippen LogP) is 4.51. The summed E-state index contributed by atoms with van der Waals surface area (Å²) >= 11 is 1.65. The number of carbonyl (C=O) groups excluding carboxylic acids is 1. The lowest BCUT2D eigenvalue weighted by Gasteiger charge is -2.18. The van der Waals surface area contributed by atoms with Crippen molar-refractivity contribution >= 4 is 23.4 Å². The molecule has 1 atom stereocenters. The SMILES string of the molecule is CC[C@@H](Oc1ccccc1C)C(=O)Nc1cccc(SC)c1. The molecule has 0 aliphatic rings. The maximum Gasteiger partial charge on any atom is 0.265 e. The molecule has 116 valence electrons. The van der Waals surface area contributed by atoms with Crippen molar-refractivity contribution in [1.29, 1.82) is 0 Å². The van der Waals surface area contributed by atoms with E-state index in [1.54, 1.807) is 11.8 Å². The molecule has 1 amide bonds. The van der Waals surface area contributed by atoms with Gasteiger partial charge >= 0.3 is 0 Å². The van der Waals surface area contributed by atoms with Crippen molar-refractivity contribution in [1.82, 2.24) is 0 Å². The first kappa shape index (κ1) is 16.4. The van der Waals surface area contributed by atoms with Gasteiger partial charge in [-0.2, -0.15) is 0 Å². The Morgan fingerprint density at radius 1 is 1.23 bits per heavy atom. The van der Waals surface area contributed by atoms with E-state index < -0.39 is 6.10 Å². The summed E-state index contributed by atoms with van der Waals surface area (Å²) in [5.41, 5.74) is 1.82. The third-order valence-electron chi connectivity index (χ3n) is 3.36. The number of hydrogen-bond donors (Lipinski definition) is 1. The van der Waals surface area contributed by atoms with Gasteiger partial charge in [0.05, 0.1) is 0 Å². The van der Waals surface area contributed by atoms with Crippen LogP contribution in [0.15, 0.2) is 53.4 Å². The van der Waals surface area contributed by atoms with Gasteiger partial charge in [-0.25, -0.2) is 0 Å². The zero-order valence-electron chi connectivity index (χ0n) is 13.1. The summed E-state index contributed by atoms with van der Waals surface area (Å²) in [4.78, 5) is 13.5. The van der Waals surface area contributed by atoms with Gasteiger partial charge < -0.3 is 10.1 Å². The first-order valence-corrected chi connectivity index (χ1v) is 8.53. The topological polar surface area (TPSA) is 38.3 Å². The third kappa shape index (κ3) is 4.28. The Bertz CT molecular complexity index is 642. The van der Waals surface area contributed by atoms with Crippen LogP contribution in [0.1, 0.15) is 18.9 Å². The molecule has 3 nitrogen and oxygen atoms in total. The van der Waals surface area contributed by atoms with Gasteiger partial charge in [0, 0.05) is 10.6 Å². The minimum absolute atomic E-state index is 0.121. The Labute approximate surface area is 136 Å². The highest BCUT2D eigenvalue weighted by molar-refractivity contribution is 7.98. The molecular formula is C18H21NO2S. The van der Waals surface area contributed by atoms with Crippen LogP contribution in [0.25, 0.3) is 0 Å². The maximum absolute atomic E-state index is 12.4. The molecule has 0 fully saturated rings. The van der Waals surface area contributed by atoms with Gasteiger partial charge in [0.15, 0.2) is 6.10 Å². The average molecular weight is 315 g/mol. The molecule has 0 unspecified atom stereocenters. The third-order valence-corrected chi connectivity index (χ3v) is 4.09. The Kier molecular flexibility index (Phi) is 5.90. The molecule has 0 aliphatic carbocycles. The monoisotopic (exact) mass is 315 g/mol. The van der Waals surface area contributed by atoms with Crippen LogP contribution in [-0.2, 0) is 4.79 Å². The predicted molar refractivity (Wildman–Crippen MR) is 92.7 cm³/mol. The normalized spacial score (nSPS) is 11.8. The highest BCUT2D eigenvalue weighted by atomic mass is 32.2. The fraction of sp³-hybridized carbons (Fsp3) is 0.278. The molecule has 0 spiro atoms. The maximum atomic E-state index is 12.4. The second-order valence-electron chi connectivity index (χ2n) is 5.00. The van der Waals surface area contributed by atoms with Crippen molar-refractivity contribution in [2.24, 2.45) is 0 Å². The van der Waals surface area contributed by atoms with Crippen LogP contribution >= 0.6 is 11.8 Å². The number of ether oxygens (including phenoxy) is 1. The van der Waals surface area contributed by atoms with Crippen LogP contribution in [-0.4, -0.2) is 18.3 Å². The van der Waals surface area contributed by atoms with E-state index in [1.165, 1.54) is 0 Å². The Balaban J connectivity index is 2.07. The van der Waals surface area contributed by atoms with Crippen LogP contribution in [0.5, 0.6) is 5.75 Å². The van der Waals surface area contributed by atoms with Crippen LogP contribution in [0, 0.1) is 6.92 Å². The number of carbonyl (C=O) groups is 1. The lowest BCUT2D eigenvalue weighted by atomic mass is 10.2. The van der Waals surface area contributed by atoms with Crippen molar-refractivity contribution in [3.05, 3.63) is 54.1 Å². The lowest BCUT2D eigenvalue weighted by molar-refractivity contribution is -0.122. The molecule has 0 aliphatic heterocycles. The number of amides is 1. The van der Waals surface area contributed by atoms with Crippen LogP contribution < -0.4 is 10.1 Å². The van der Waals surface area contributed by atoms with Gasteiger partial charge in [0.25, 0.3) is 5.91 Å². The van der Waals surface area contributed by atoms with E-state index in [1.807, 2.05) is 68.6 Å². The first-order chi connectivity index (χ1) is 10.6. The van der Waals surface area contributed by atoms with Crippen LogP contribution in [0.2, 0.25) is 0 Å². The fourth-order valence-electron chi connectivity index (χ4n) is 2.09. The minimum Gasteiger partial charge on any atom is -0.480 e. The molecule has 0 radical (unpaired) electrons. The lowest BCUT2D eigenvalue weighted by Crippen LogP contribution is -2.32. The minimum atomic E-state index is -0.501. The molecule has 0 saturated carbocycles. The summed E-state index contributed by atoms with van der Waals surface area (Å²) in [5, 5.41) is 2.93. The van der Waals surface area contributed by atoms with E-state index in [9.17, 15) is 4.79 Å². The molecule has 2 aromatic carbocycles. The smallest absolute Gasteiger partial charge is 0.265 e. The van der Waals surface area contributed by atoms with Gasteiger partial charge in [-0.1, -0.05) is 31.2 Å². The van der Waals surface area contributed by atoms with Crippen LogP contribution in [0.3, 0.4) is 0 Å². The average Bonchev–Trinajstić information content (AvgIpc) is 2.54. The van der Waals surface area contributed by atoms with Crippen molar-refractivity contribution < 1.29 is 9.53 Å². The number of anilines is 1. The summed E-state index contributed by atoms with van der Waals surface area (Å²) in [7, 11) is 0. The summed E-state index contributed by atoms with van der Waals surface area (Å²) < 4.78 is 5.87. The van der Waals surface area contributed by atoms with Crippen LogP contribution in [0.4, 0.5) is 5.69 Å². The van der Waals surface area contributed by atoms with Gasteiger partial charge in [-0.15, -0.1) is 11.8 Å². The number of hydrogen-bond acceptors (Lipinski definition) is 3. The molecule has 0 aromatic heterocycles. The quantitative estimate of drug-likeness (QED) is 0.797. The van der Waals surface area contributed by atoms with E-state index in [-0.39, 0.29) is 5.91 Å². The molecule has 0 saturated heterocycles. The Morgan fingerprint density at radius 2 is 2.00 bits per heavy atom. The highest BCUT2D eigenvalue weighted by Gasteiger charge is 2.19. The first-order valence-electron chi connectivity index (χ1n) is 7.31. The summed E-state index contributed by atoms with van der Waals surface area (Å²) in [6.45, 7) is 3.92. The summed E-state index contributed by atoms with van der Waals surface area (Å²) in [6.07, 6.45) is 2.12. The van der Waals surface area contributed by atoms with Crippen molar-refractivity contribution in [2.75, 3.05) is 11.6 Å². The Hall–Kier alpha value is -1.94. The molecular weight excluding hydrogens is 294 g/mol. The second kappa shape index (κ2) is 7.90. The Morgan fingerprint density at radius 3 is 2.68 bits per heavy atom. The molecule has 1 N–H and O–H groups in total. The fourth-order valence-corrected chi connectivity index (χ4v) is 2.55. The zero-order chi connectivity index (χ0) is 15.9. The van der Waals surface area contributed by atoms with Gasteiger partial charge in [-0.3, -0.25) is 4.79 Å². The van der Waals surface area contributed by atoms with E-state index in [2.05, 4.69) is 5.32 Å². The molecule has 4 heteroatoms. The molecule has 2 rings (SSSR count). The number of aryl methyl sites for hydroxylation is 1. The van der Waals surface area contributed by atoms with Crippen molar-refractivity contribution in [2.45, 2.75) is 31.3 Å². The van der Waals surface area contributed by atoms with Gasteiger partial charge in [0.2, 0.25) is 0 Å². The van der Waals surface area contributed by atoms with E-state index in [0.717, 1.165) is 21.9 Å². The summed E-state index contributed by atoms with van der Waals surface area (Å²) in [6, 6.07) is 15.5. The van der Waals surface area contributed by atoms with E-state index in [0.29, 0.717) is 6.42 Å². The molecule has 0 heterocycles. The zero-order valence-corrected chi connectivity index (χ0v) is 13.9.